The molecule has 1 saturated heterocycles. The monoisotopic (exact) mass is 429 g/mol. The average Bonchev–Trinajstić information content (AvgIpc) is 3.50. The molecule has 0 saturated carbocycles. The highest BCUT2D eigenvalue weighted by atomic mass is 16.5. The van der Waals surface area contributed by atoms with Crippen molar-refractivity contribution in [2.24, 2.45) is 0 Å². The maximum atomic E-state index is 5.98. The molecule has 7 nitrogen and oxygen atoms in total. The van der Waals surface area contributed by atoms with Crippen molar-refractivity contribution in [2.75, 3.05) is 38.7 Å². The van der Waals surface area contributed by atoms with Crippen molar-refractivity contribution in [3.8, 4) is 11.5 Å². The normalized spacial score (nSPS) is 14.5. The zero-order chi connectivity index (χ0) is 21.8. The molecule has 2 aromatic heterocycles. The molecule has 0 spiro atoms. The standard InChI is InChI=1S/C25H27N5O2/c1-31-23-15-20-22(16-24(23)32-13-5-4-12-30-10-2-3-11-30)27-17-28-25(20)29-19-7-6-18-8-9-26-21(18)14-19/h4-9,14-17,26H,2-3,10-13H2,1H3,(H,27,28,29)/b5-4+. The number of ether oxygens (including phenoxy) is 2. The van der Waals surface area contributed by atoms with Crippen LogP contribution in [0.3, 0.4) is 0 Å². The third-order valence-electron chi connectivity index (χ3n) is 5.80. The number of nitrogens with one attached hydrogen (secondary N) is 2. The number of rotatable bonds is 8. The lowest BCUT2D eigenvalue weighted by atomic mass is 10.2. The number of anilines is 2. The largest absolute Gasteiger partial charge is 0.493 e. The maximum absolute atomic E-state index is 5.98. The number of nitrogens with zero attached hydrogens (tertiary/aromatic N) is 3. The first kappa shape index (κ1) is 20.3. The van der Waals surface area contributed by atoms with E-state index in [1.807, 2.05) is 30.5 Å². The number of likely N-dealkylation sites (tertiary alicyclic amines) is 1. The summed E-state index contributed by atoms with van der Waals surface area (Å²) in [6.45, 7) is 3.86. The molecule has 164 valence electrons. The Hall–Kier alpha value is -3.58. The molecule has 4 aromatic rings. The van der Waals surface area contributed by atoms with Gasteiger partial charge in [0, 0.05) is 35.4 Å². The van der Waals surface area contributed by atoms with Gasteiger partial charge in [0.25, 0.3) is 0 Å². The third-order valence-corrected chi connectivity index (χ3v) is 5.80. The second-order valence-corrected chi connectivity index (χ2v) is 7.94. The molecule has 32 heavy (non-hydrogen) atoms. The summed E-state index contributed by atoms with van der Waals surface area (Å²) in [5.41, 5.74) is 2.81. The molecule has 0 bridgehead atoms. The summed E-state index contributed by atoms with van der Waals surface area (Å²) in [7, 11) is 1.65. The minimum atomic E-state index is 0.488. The molecule has 1 aliphatic rings. The number of fused-ring (bicyclic) bond motifs is 2. The molecule has 5 rings (SSSR count). The van der Waals surface area contributed by atoms with Crippen LogP contribution in [-0.4, -0.2) is 53.2 Å². The topological polar surface area (TPSA) is 75.3 Å². The minimum absolute atomic E-state index is 0.488. The van der Waals surface area contributed by atoms with Gasteiger partial charge in [-0.15, -0.1) is 0 Å². The summed E-state index contributed by atoms with van der Waals surface area (Å²) < 4.78 is 11.6. The Bertz CT molecular complexity index is 1240. The van der Waals surface area contributed by atoms with Gasteiger partial charge >= 0.3 is 0 Å². The fourth-order valence-corrected chi connectivity index (χ4v) is 4.09. The summed E-state index contributed by atoms with van der Waals surface area (Å²) in [4.78, 5) is 14.6. The molecule has 0 amide bonds. The summed E-state index contributed by atoms with van der Waals surface area (Å²) in [5, 5.41) is 5.44. The summed E-state index contributed by atoms with van der Waals surface area (Å²) in [5.74, 6) is 2.04. The first-order valence-corrected chi connectivity index (χ1v) is 11.0. The van der Waals surface area contributed by atoms with Crippen LogP contribution in [0.2, 0.25) is 0 Å². The van der Waals surface area contributed by atoms with Crippen molar-refractivity contribution in [1.29, 1.82) is 0 Å². The number of benzene rings is 2. The lowest BCUT2D eigenvalue weighted by Gasteiger charge is -2.13. The van der Waals surface area contributed by atoms with E-state index in [4.69, 9.17) is 9.47 Å². The van der Waals surface area contributed by atoms with E-state index < -0.39 is 0 Å². The fourth-order valence-electron chi connectivity index (χ4n) is 4.09. The van der Waals surface area contributed by atoms with Crippen LogP contribution in [0.5, 0.6) is 11.5 Å². The highest BCUT2D eigenvalue weighted by Gasteiger charge is 2.12. The third kappa shape index (κ3) is 4.38. The van der Waals surface area contributed by atoms with Crippen LogP contribution < -0.4 is 14.8 Å². The lowest BCUT2D eigenvalue weighted by Crippen LogP contribution is -2.18. The van der Waals surface area contributed by atoms with Gasteiger partial charge in [0.1, 0.15) is 18.8 Å². The smallest absolute Gasteiger partial charge is 0.163 e. The SMILES string of the molecule is COc1cc2c(Nc3ccc4cc[nH]c4c3)ncnc2cc1OC/C=C/CN1CCCC1. The van der Waals surface area contributed by atoms with Crippen LogP contribution in [0, 0.1) is 0 Å². The highest BCUT2D eigenvalue weighted by Crippen LogP contribution is 2.35. The molecule has 0 unspecified atom stereocenters. The van der Waals surface area contributed by atoms with E-state index in [2.05, 4.69) is 49.5 Å². The number of aromatic amines is 1. The molecular weight excluding hydrogens is 402 g/mol. The minimum Gasteiger partial charge on any atom is -0.493 e. The van der Waals surface area contributed by atoms with Crippen LogP contribution in [0.1, 0.15) is 12.8 Å². The Morgan fingerprint density at radius 1 is 1.06 bits per heavy atom. The van der Waals surface area contributed by atoms with Crippen molar-refractivity contribution in [2.45, 2.75) is 12.8 Å². The molecule has 2 aromatic carbocycles. The predicted octanol–water partition coefficient (Wildman–Crippen LogP) is 4.89. The van der Waals surface area contributed by atoms with Crippen LogP contribution in [0.25, 0.3) is 21.8 Å². The van der Waals surface area contributed by atoms with Crippen molar-refractivity contribution < 1.29 is 9.47 Å². The van der Waals surface area contributed by atoms with E-state index in [0.29, 0.717) is 18.1 Å². The van der Waals surface area contributed by atoms with Crippen LogP contribution in [0.4, 0.5) is 11.5 Å². The average molecular weight is 430 g/mol. The van der Waals surface area contributed by atoms with Crippen LogP contribution in [-0.2, 0) is 0 Å². The number of hydrogen-bond donors (Lipinski definition) is 2. The zero-order valence-electron chi connectivity index (χ0n) is 18.2. The Morgan fingerprint density at radius 3 is 2.84 bits per heavy atom. The van der Waals surface area contributed by atoms with E-state index in [1.54, 1.807) is 13.4 Å². The molecule has 2 N–H and O–H groups in total. The first-order valence-electron chi connectivity index (χ1n) is 11.0. The quantitative estimate of drug-likeness (QED) is 0.388. The Labute approximate surface area is 187 Å². The van der Waals surface area contributed by atoms with Gasteiger partial charge in [-0.2, -0.15) is 0 Å². The molecule has 7 heteroatoms. The van der Waals surface area contributed by atoms with E-state index in [1.165, 1.54) is 31.3 Å². The van der Waals surface area contributed by atoms with E-state index >= 15 is 0 Å². The summed E-state index contributed by atoms with van der Waals surface area (Å²) in [6, 6.07) is 12.0. The molecule has 1 fully saturated rings. The maximum Gasteiger partial charge on any atom is 0.163 e. The second kappa shape index (κ2) is 9.28. The number of methoxy groups -OCH3 is 1. The Balaban J connectivity index is 1.33. The van der Waals surface area contributed by atoms with Gasteiger partial charge in [-0.05, 0) is 55.6 Å². The van der Waals surface area contributed by atoms with Crippen molar-refractivity contribution in [1.82, 2.24) is 19.9 Å². The summed E-state index contributed by atoms with van der Waals surface area (Å²) in [6.07, 6.45) is 10.3. The zero-order valence-corrected chi connectivity index (χ0v) is 18.2. The number of aromatic nitrogens is 3. The Kier molecular flexibility index (Phi) is 5.89. The molecule has 0 aliphatic carbocycles. The van der Waals surface area contributed by atoms with Gasteiger partial charge in [-0.1, -0.05) is 18.2 Å². The van der Waals surface area contributed by atoms with E-state index in [9.17, 15) is 0 Å². The highest BCUT2D eigenvalue weighted by molar-refractivity contribution is 5.94. The lowest BCUT2D eigenvalue weighted by molar-refractivity contribution is 0.325. The van der Waals surface area contributed by atoms with Gasteiger partial charge in [0.05, 0.1) is 12.6 Å². The predicted molar refractivity (Wildman–Crippen MR) is 128 cm³/mol. The van der Waals surface area contributed by atoms with Gasteiger partial charge in [0.2, 0.25) is 0 Å². The first-order chi connectivity index (χ1) is 15.8. The molecule has 0 atom stereocenters. The molecule has 0 radical (unpaired) electrons. The Morgan fingerprint density at radius 2 is 1.97 bits per heavy atom. The molecule has 1 aliphatic heterocycles. The molecule has 3 heterocycles. The number of hydrogen-bond acceptors (Lipinski definition) is 6. The number of H-pyrrole nitrogens is 1. The van der Waals surface area contributed by atoms with E-state index in [0.717, 1.165) is 34.5 Å². The molecular formula is C25H27N5O2. The van der Waals surface area contributed by atoms with Crippen molar-refractivity contribution in [3.05, 3.63) is 61.1 Å². The van der Waals surface area contributed by atoms with E-state index in [-0.39, 0.29) is 0 Å². The van der Waals surface area contributed by atoms with Crippen LogP contribution in [0.15, 0.2) is 61.1 Å². The van der Waals surface area contributed by atoms with Gasteiger partial charge in [0.15, 0.2) is 11.5 Å². The van der Waals surface area contributed by atoms with Crippen LogP contribution >= 0.6 is 0 Å². The summed E-state index contributed by atoms with van der Waals surface area (Å²) >= 11 is 0. The van der Waals surface area contributed by atoms with Gasteiger partial charge < -0.3 is 19.8 Å². The van der Waals surface area contributed by atoms with Crippen molar-refractivity contribution in [3.63, 3.8) is 0 Å². The van der Waals surface area contributed by atoms with Crippen molar-refractivity contribution >= 4 is 33.3 Å². The van der Waals surface area contributed by atoms with Gasteiger partial charge in [-0.25, -0.2) is 9.97 Å². The fraction of sp³-hybridized carbons (Fsp3) is 0.280. The van der Waals surface area contributed by atoms with Gasteiger partial charge in [-0.3, -0.25) is 4.90 Å². The second-order valence-electron chi connectivity index (χ2n) is 7.94.